The molecule has 30 heavy (non-hydrogen) atoms. The lowest BCUT2D eigenvalue weighted by Gasteiger charge is -2.23. The number of para-hydroxylation sites is 1. The zero-order valence-corrected chi connectivity index (χ0v) is 17.0. The molecule has 0 bridgehead atoms. The molecular formula is C22H24N4O4. The summed E-state index contributed by atoms with van der Waals surface area (Å²) < 4.78 is 5.26. The molecule has 0 fully saturated rings. The molecule has 0 spiro atoms. The van der Waals surface area contributed by atoms with Crippen molar-refractivity contribution in [1.82, 2.24) is 5.32 Å². The standard InChI is InChI=1S/C22H24N4O4/c1-14(2)19(26-22(29)25-17-7-5-4-6-8-17)21(28)30-15(3)20(27)24-18-11-9-16(13-23)10-12-18/h4-12,14-15,19H,1-3H3,(H,24,27)(H2,25,26,29)/t15-,19+/m0/s1. The van der Waals surface area contributed by atoms with Gasteiger partial charge in [0.2, 0.25) is 0 Å². The van der Waals surface area contributed by atoms with Crippen LogP contribution >= 0.6 is 0 Å². The van der Waals surface area contributed by atoms with Crippen molar-refractivity contribution in [2.75, 3.05) is 10.6 Å². The Bertz CT molecular complexity index is 920. The Morgan fingerprint density at radius 3 is 2.07 bits per heavy atom. The van der Waals surface area contributed by atoms with Gasteiger partial charge in [-0.25, -0.2) is 9.59 Å². The van der Waals surface area contributed by atoms with Crippen molar-refractivity contribution in [3.63, 3.8) is 0 Å². The quantitative estimate of drug-likeness (QED) is 0.607. The molecule has 0 unspecified atom stereocenters. The molecule has 0 aliphatic carbocycles. The maximum atomic E-state index is 12.5. The SMILES string of the molecule is CC(C)[C@@H](NC(=O)Nc1ccccc1)C(=O)O[C@@H](C)C(=O)Nc1ccc(C#N)cc1. The zero-order valence-electron chi connectivity index (χ0n) is 17.0. The number of amides is 3. The van der Waals surface area contributed by atoms with E-state index in [4.69, 9.17) is 10.00 Å². The van der Waals surface area contributed by atoms with Crippen molar-refractivity contribution < 1.29 is 19.1 Å². The first-order chi connectivity index (χ1) is 14.3. The van der Waals surface area contributed by atoms with Gasteiger partial charge in [-0.3, -0.25) is 4.79 Å². The second-order valence-corrected chi connectivity index (χ2v) is 6.94. The number of benzene rings is 2. The Morgan fingerprint density at radius 1 is 0.900 bits per heavy atom. The molecule has 3 amide bonds. The van der Waals surface area contributed by atoms with E-state index in [0.717, 1.165) is 0 Å². The number of urea groups is 1. The molecule has 0 aliphatic heterocycles. The number of ether oxygens (including phenoxy) is 1. The van der Waals surface area contributed by atoms with E-state index >= 15 is 0 Å². The number of nitrogens with zero attached hydrogens (tertiary/aromatic N) is 1. The molecule has 0 saturated carbocycles. The number of rotatable bonds is 7. The van der Waals surface area contributed by atoms with Gasteiger partial charge in [-0.1, -0.05) is 32.0 Å². The van der Waals surface area contributed by atoms with Crippen LogP contribution in [0.15, 0.2) is 54.6 Å². The van der Waals surface area contributed by atoms with E-state index in [9.17, 15) is 14.4 Å². The summed E-state index contributed by atoms with van der Waals surface area (Å²) in [5, 5.41) is 16.6. The number of esters is 1. The minimum absolute atomic E-state index is 0.257. The third-order valence-corrected chi connectivity index (χ3v) is 4.18. The third kappa shape index (κ3) is 6.63. The smallest absolute Gasteiger partial charge is 0.329 e. The van der Waals surface area contributed by atoms with Gasteiger partial charge in [0, 0.05) is 11.4 Å². The van der Waals surface area contributed by atoms with Gasteiger partial charge in [-0.05, 0) is 49.2 Å². The van der Waals surface area contributed by atoms with Crippen LogP contribution in [0.4, 0.5) is 16.2 Å². The molecule has 0 aliphatic rings. The van der Waals surface area contributed by atoms with Gasteiger partial charge in [0.05, 0.1) is 11.6 Å². The number of hydrogen-bond acceptors (Lipinski definition) is 5. The highest BCUT2D eigenvalue weighted by atomic mass is 16.5. The van der Waals surface area contributed by atoms with E-state index in [0.29, 0.717) is 16.9 Å². The van der Waals surface area contributed by atoms with Crippen LogP contribution in [-0.2, 0) is 14.3 Å². The van der Waals surface area contributed by atoms with Gasteiger partial charge in [0.15, 0.2) is 6.10 Å². The average molecular weight is 408 g/mol. The average Bonchev–Trinajstić information content (AvgIpc) is 2.72. The lowest BCUT2D eigenvalue weighted by molar-refractivity contribution is -0.156. The minimum atomic E-state index is -1.08. The summed E-state index contributed by atoms with van der Waals surface area (Å²) >= 11 is 0. The Hall–Kier alpha value is -3.86. The summed E-state index contributed by atoms with van der Waals surface area (Å²) in [6, 6.07) is 15.6. The molecule has 156 valence electrons. The molecule has 8 nitrogen and oxygen atoms in total. The number of anilines is 2. The summed E-state index contributed by atoms with van der Waals surface area (Å²) in [5.41, 5.74) is 1.52. The number of carbonyl (C=O) groups excluding carboxylic acids is 3. The predicted molar refractivity (Wildman–Crippen MR) is 113 cm³/mol. The highest BCUT2D eigenvalue weighted by Gasteiger charge is 2.29. The molecule has 2 aromatic rings. The van der Waals surface area contributed by atoms with Crippen molar-refractivity contribution in [2.45, 2.75) is 32.9 Å². The van der Waals surface area contributed by atoms with Gasteiger partial charge in [-0.2, -0.15) is 5.26 Å². The van der Waals surface area contributed by atoms with Gasteiger partial charge in [0.1, 0.15) is 6.04 Å². The fourth-order valence-electron chi connectivity index (χ4n) is 2.50. The number of nitrogens with one attached hydrogen (secondary N) is 3. The van der Waals surface area contributed by atoms with Gasteiger partial charge >= 0.3 is 12.0 Å². The summed E-state index contributed by atoms with van der Waals surface area (Å²) in [7, 11) is 0. The molecule has 8 heteroatoms. The van der Waals surface area contributed by atoms with Crippen LogP contribution in [0.25, 0.3) is 0 Å². The first-order valence-corrected chi connectivity index (χ1v) is 9.44. The van der Waals surface area contributed by atoms with E-state index in [-0.39, 0.29) is 5.92 Å². The number of hydrogen-bond donors (Lipinski definition) is 3. The van der Waals surface area contributed by atoms with Crippen molar-refractivity contribution in [1.29, 1.82) is 5.26 Å². The van der Waals surface area contributed by atoms with Crippen molar-refractivity contribution in [3.05, 3.63) is 60.2 Å². The van der Waals surface area contributed by atoms with Crippen LogP contribution in [0.5, 0.6) is 0 Å². The zero-order chi connectivity index (χ0) is 22.1. The van der Waals surface area contributed by atoms with E-state index in [1.165, 1.54) is 6.92 Å². The van der Waals surface area contributed by atoms with E-state index in [1.54, 1.807) is 62.4 Å². The summed E-state index contributed by atoms with van der Waals surface area (Å²) in [6.45, 7) is 4.96. The first kappa shape index (κ1) is 22.4. The van der Waals surface area contributed by atoms with Crippen LogP contribution in [0.3, 0.4) is 0 Å². The summed E-state index contributed by atoms with van der Waals surface area (Å²) in [4.78, 5) is 37.1. The monoisotopic (exact) mass is 408 g/mol. The second kappa shape index (κ2) is 10.6. The van der Waals surface area contributed by atoms with Gasteiger partial charge in [-0.15, -0.1) is 0 Å². The molecule has 0 radical (unpaired) electrons. The van der Waals surface area contributed by atoms with Crippen LogP contribution in [0, 0.1) is 17.2 Å². The topological polar surface area (TPSA) is 120 Å². The highest BCUT2D eigenvalue weighted by molar-refractivity contribution is 5.96. The molecule has 2 rings (SSSR count). The lowest BCUT2D eigenvalue weighted by atomic mass is 10.0. The van der Waals surface area contributed by atoms with Crippen LogP contribution < -0.4 is 16.0 Å². The Labute approximate surface area is 175 Å². The molecule has 2 aromatic carbocycles. The fraction of sp³-hybridized carbons (Fsp3) is 0.273. The van der Waals surface area contributed by atoms with E-state index in [2.05, 4.69) is 16.0 Å². The normalized spacial score (nSPS) is 12.2. The molecule has 2 atom stereocenters. The van der Waals surface area contributed by atoms with E-state index in [1.807, 2.05) is 12.1 Å². The molecule has 0 saturated heterocycles. The Kier molecular flexibility index (Phi) is 7.94. The van der Waals surface area contributed by atoms with E-state index < -0.39 is 30.1 Å². The van der Waals surface area contributed by atoms with Crippen molar-refractivity contribution in [2.24, 2.45) is 5.92 Å². The second-order valence-electron chi connectivity index (χ2n) is 6.94. The predicted octanol–water partition coefficient (Wildman–Crippen LogP) is 3.27. The van der Waals surface area contributed by atoms with Crippen molar-refractivity contribution >= 4 is 29.3 Å². The maximum Gasteiger partial charge on any atom is 0.329 e. The largest absolute Gasteiger partial charge is 0.451 e. The molecular weight excluding hydrogens is 384 g/mol. The molecule has 3 N–H and O–H groups in total. The molecule has 0 heterocycles. The number of carbonyl (C=O) groups is 3. The summed E-state index contributed by atoms with van der Waals surface area (Å²) in [6.07, 6.45) is -1.08. The lowest BCUT2D eigenvalue weighted by Crippen LogP contribution is -2.48. The van der Waals surface area contributed by atoms with Gasteiger partial charge in [0.25, 0.3) is 5.91 Å². The third-order valence-electron chi connectivity index (χ3n) is 4.18. The minimum Gasteiger partial charge on any atom is -0.451 e. The first-order valence-electron chi connectivity index (χ1n) is 9.44. The highest BCUT2D eigenvalue weighted by Crippen LogP contribution is 2.12. The van der Waals surface area contributed by atoms with Crippen LogP contribution in [0.1, 0.15) is 26.3 Å². The van der Waals surface area contributed by atoms with Crippen molar-refractivity contribution in [3.8, 4) is 6.07 Å². The fourth-order valence-corrected chi connectivity index (χ4v) is 2.50. The van der Waals surface area contributed by atoms with Gasteiger partial charge < -0.3 is 20.7 Å². The maximum absolute atomic E-state index is 12.5. The Morgan fingerprint density at radius 2 is 1.50 bits per heavy atom. The molecule has 0 aromatic heterocycles. The summed E-state index contributed by atoms with van der Waals surface area (Å²) in [5.74, 6) is -1.49. The number of nitriles is 1. The van der Waals surface area contributed by atoms with Crippen LogP contribution in [-0.4, -0.2) is 30.1 Å². The Balaban J connectivity index is 1.93. The van der Waals surface area contributed by atoms with Crippen LogP contribution in [0.2, 0.25) is 0 Å².